The summed E-state index contributed by atoms with van der Waals surface area (Å²) < 4.78 is 24.2. The number of halogens is 1. The van der Waals surface area contributed by atoms with Crippen molar-refractivity contribution in [2.24, 2.45) is 0 Å². The molecule has 2 aromatic carbocycles. The molecule has 6 nitrogen and oxygen atoms in total. The molecule has 5 rings (SSSR count). The van der Waals surface area contributed by atoms with Gasteiger partial charge in [0.1, 0.15) is 17.1 Å². The lowest BCUT2D eigenvalue weighted by molar-refractivity contribution is 0.169. The molecule has 2 atom stereocenters. The average Bonchev–Trinajstić information content (AvgIpc) is 3.15. The highest BCUT2D eigenvalue weighted by molar-refractivity contribution is 6.10. The minimum Gasteiger partial charge on any atom is -0.494 e. The SMILES string of the molecule is COc1cc2c(=O)c3c4ccc(C)cc4[nH]c3n(C(C)C)c2c(F)c1N1C[C@@H](C)N(C)[C@@H](C)C1. The van der Waals surface area contributed by atoms with Gasteiger partial charge < -0.3 is 19.2 Å². The van der Waals surface area contributed by atoms with E-state index in [4.69, 9.17) is 4.74 Å². The number of pyridine rings is 1. The van der Waals surface area contributed by atoms with E-state index < -0.39 is 5.82 Å². The van der Waals surface area contributed by atoms with E-state index in [1.165, 1.54) is 0 Å². The van der Waals surface area contributed by atoms with Crippen LogP contribution in [0.1, 0.15) is 39.3 Å². The molecule has 0 amide bonds. The summed E-state index contributed by atoms with van der Waals surface area (Å²) in [5.41, 5.74) is 3.21. The van der Waals surface area contributed by atoms with Crippen molar-refractivity contribution < 1.29 is 9.13 Å². The second-order valence-electron chi connectivity index (χ2n) is 10.1. The highest BCUT2D eigenvalue weighted by atomic mass is 19.1. The number of fused-ring (bicyclic) bond motifs is 4. The van der Waals surface area contributed by atoms with Gasteiger partial charge >= 0.3 is 0 Å². The highest BCUT2D eigenvalue weighted by Gasteiger charge is 2.32. The zero-order valence-electron chi connectivity index (χ0n) is 21.0. The van der Waals surface area contributed by atoms with Gasteiger partial charge in [0.2, 0.25) is 0 Å². The van der Waals surface area contributed by atoms with Gasteiger partial charge in [-0.15, -0.1) is 0 Å². The Morgan fingerprint density at radius 3 is 2.41 bits per heavy atom. The second-order valence-corrected chi connectivity index (χ2v) is 10.1. The third-order valence-electron chi connectivity index (χ3n) is 7.48. The standard InChI is InChI=1S/C27H33FN4O2/c1-14(2)32-24-19(26(33)22-18-9-8-15(3)10-20(18)29-27(22)32)11-21(34-7)25(23(24)28)31-12-16(4)30(6)17(5)13-31/h8-11,14,16-17,29H,12-13H2,1-7H3/t16-,17+. The fourth-order valence-electron chi connectivity index (χ4n) is 5.52. The van der Waals surface area contributed by atoms with Crippen molar-refractivity contribution in [2.75, 3.05) is 32.1 Å². The Morgan fingerprint density at radius 1 is 1.12 bits per heavy atom. The first kappa shape index (κ1) is 22.7. The lowest BCUT2D eigenvalue weighted by atomic mass is 10.0. The number of nitrogens with zero attached hydrogens (tertiary/aromatic N) is 3. The number of likely N-dealkylation sites (N-methyl/N-ethyl adjacent to an activating group) is 1. The number of aryl methyl sites for hydroxylation is 1. The maximum Gasteiger partial charge on any atom is 0.199 e. The minimum atomic E-state index is -0.402. The molecule has 0 unspecified atom stereocenters. The number of benzene rings is 2. The number of hydrogen-bond donors (Lipinski definition) is 1. The Bertz CT molecular complexity index is 1470. The van der Waals surface area contributed by atoms with Gasteiger partial charge in [0.15, 0.2) is 11.2 Å². The van der Waals surface area contributed by atoms with Crippen LogP contribution in [-0.2, 0) is 0 Å². The molecule has 0 radical (unpaired) electrons. The number of ether oxygens (including phenoxy) is 1. The summed E-state index contributed by atoms with van der Waals surface area (Å²) in [6.45, 7) is 11.7. The fraction of sp³-hybridized carbons (Fsp3) is 0.444. The number of piperazine rings is 1. The molecule has 1 fully saturated rings. The number of aromatic nitrogens is 2. The topological polar surface area (TPSA) is 53.5 Å². The zero-order valence-corrected chi connectivity index (χ0v) is 21.0. The van der Waals surface area contributed by atoms with Crippen LogP contribution in [-0.4, -0.2) is 53.8 Å². The Morgan fingerprint density at radius 2 is 1.79 bits per heavy atom. The molecule has 0 spiro atoms. The summed E-state index contributed by atoms with van der Waals surface area (Å²) in [6, 6.07) is 8.18. The number of anilines is 1. The summed E-state index contributed by atoms with van der Waals surface area (Å²) in [5.74, 6) is -0.00256. The van der Waals surface area contributed by atoms with Crippen LogP contribution in [0.3, 0.4) is 0 Å². The van der Waals surface area contributed by atoms with Crippen molar-refractivity contribution in [1.82, 2.24) is 14.5 Å². The van der Waals surface area contributed by atoms with Crippen LogP contribution in [0.15, 0.2) is 29.1 Å². The van der Waals surface area contributed by atoms with Gasteiger partial charge in [-0.3, -0.25) is 9.69 Å². The number of hydrogen-bond acceptors (Lipinski definition) is 4. The van der Waals surface area contributed by atoms with Crippen LogP contribution in [0.25, 0.3) is 32.8 Å². The molecule has 3 heterocycles. The van der Waals surface area contributed by atoms with Gasteiger partial charge in [0.25, 0.3) is 0 Å². The number of nitrogens with one attached hydrogen (secondary N) is 1. The molecule has 7 heteroatoms. The smallest absolute Gasteiger partial charge is 0.199 e. The van der Waals surface area contributed by atoms with Crippen LogP contribution in [0.4, 0.5) is 10.1 Å². The first-order chi connectivity index (χ1) is 16.1. The van der Waals surface area contributed by atoms with Crippen LogP contribution in [0, 0.1) is 12.7 Å². The summed E-state index contributed by atoms with van der Waals surface area (Å²) in [5, 5.41) is 1.79. The Hall–Kier alpha value is -3.06. The van der Waals surface area contributed by atoms with Crippen molar-refractivity contribution in [2.45, 2.75) is 52.7 Å². The third kappa shape index (κ3) is 3.21. The number of methoxy groups -OCH3 is 1. The van der Waals surface area contributed by atoms with Gasteiger partial charge in [-0.1, -0.05) is 12.1 Å². The molecular weight excluding hydrogens is 431 g/mol. The monoisotopic (exact) mass is 464 g/mol. The van der Waals surface area contributed by atoms with E-state index in [2.05, 4.69) is 35.7 Å². The molecular formula is C27H33FN4O2. The van der Waals surface area contributed by atoms with Gasteiger partial charge in [-0.05, 0) is 59.4 Å². The third-order valence-corrected chi connectivity index (χ3v) is 7.48. The average molecular weight is 465 g/mol. The molecule has 34 heavy (non-hydrogen) atoms. The number of H-pyrrole nitrogens is 1. The van der Waals surface area contributed by atoms with Gasteiger partial charge in [-0.2, -0.15) is 0 Å². The predicted octanol–water partition coefficient (Wildman–Crippen LogP) is 5.20. The second kappa shape index (κ2) is 8.01. The fourth-order valence-corrected chi connectivity index (χ4v) is 5.52. The molecule has 0 aliphatic carbocycles. The maximum atomic E-state index is 16.6. The molecule has 1 saturated heterocycles. The lowest BCUT2D eigenvalue weighted by Crippen LogP contribution is -2.55. The van der Waals surface area contributed by atoms with E-state index in [9.17, 15) is 4.79 Å². The highest BCUT2D eigenvalue weighted by Crippen LogP contribution is 2.40. The lowest BCUT2D eigenvalue weighted by Gasteiger charge is -2.44. The van der Waals surface area contributed by atoms with E-state index in [0.717, 1.165) is 16.5 Å². The first-order valence-electron chi connectivity index (χ1n) is 12.0. The van der Waals surface area contributed by atoms with E-state index in [0.29, 0.717) is 46.5 Å². The number of aromatic amines is 1. The predicted molar refractivity (Wildman–Crippen MR) is 138 cm³/mol. The molecule has 1 N–H and O–H groups in total. The molecule has 0 bridgehead atoms. The number of rotatable bonds is 3. The molecule has 1 aliphatic rings. The van der Waals surface area contributed by atoms with Crippen molar-refractivity contribution >= 4 is 38.5 Å². The molecule has 180 valence electrons. The van der Waals surface area contributed by atoms with Crippen molar-refractivity contribution in [1.29, 1.82) is 0 Å². The molecule has 0 saturated carbocycles. The Balaban J connectivity index is 1.90. The van der Waals surface area contributed by atoms with Crippen LogP contribution >= 0.6 is 0 Å². The van der Waals surface area contributed by atoms with E-state index in [1.54, 1.807) is 13.2 Å². The quantitative estimate of drug-likeness (QED) is 0.453. The normalized spacial score (nSPS) is 19.7. The summed E-state index contributed by atoms with van der Waals surface area (Å²) in [4.78, 5) is 21.6. The maximum absolute atomic E-state index is 16.6. The Labute approximate surface area is 198 Å². The Kier molecular flexibility index (Phi) is 5.35. The van der Waals surface area contributed by atoms with Crippen LogP contribution in [0.2, 0.25) is 0 Å². The zero-order chi connectivity index (χ0) is 24.5. The van der Waals surface area contributed by atoms with E-state index in [-0.39, 0.29) is 23.6 Å². The van der Waals surface area contributed by atoms with E-state index >= 15 is 4.39 Å². The summed E-state index contributed by atoms with van der Waals surface area (Å²) in [7, 11) is 3.65. The molecule has 1 aliphatic heterocycles. The van der Waals surface area contributed by atoms with E-state index in [1.807, 2.05) is 43.5 Å². The van der Waals surface area contributed by atoms with Gasteiger partial charge in [0.05, 0.1) is 23.4 Å². The largest absolute Gasteiger partial charge is 0.494 e. The van der Waals surface area contributed by atoms with Crippen LogP contribution < -0.4 is 15.1 Å². The van der Waals surface area contributed by atoms with Gasteiger partial charge in [0, 0.05) is 42.1 Å². The van der Waals surface area contributed by atoms with Crippen molar-refractivity contribution in [3.8, 4) is 5.75 Å². The van der Waals surface area contributed by atoms with Gasteiger partial charge in [-0.25, -0.2) is 4.39 Å². The van der Waals surface area contributed by atoms with Crippen molar-refractivity contribution in [3.63, 3.8) is 0 Å². The van der Waals surface area contributed by atoms with Crippen molar-refractivity contribution in [3.05, 3.63) is 45.9 Å². The first-order valence-corrected chi connectivity index (χ1v) is 12.0. The minimum absolute atomic E-state index is 0.0687. The van der Waals surface area contributed by atoms with Crippen LogP contribution in [0.5, 0.6) is 5.75 Å². The summed E-state index contributed by atoms with van der Waals surface area (Å²) >= 11 is 0. The molecule has 2 aromatic heterocycles. The molecule has 4 aromatic rings. The summed E-state index contributed by atoms with van der Waals surface area (Å²) in [6.07, 6.45) is 0.